The van der Waals surface area contributed by atoms with Gasteiger partial charge >= 0.3 is 0 Å². The maximum atomic E-state index is 4.70. The zero-order valence-electron chi connectivity index (χ0n) is 13.3. The Hall–Kier alpha value is -2.10. The van der Waals surface area contributed by atoms with E-state index in [4.69, 9.17) is 4.98 Å². The van der Waals surface area contributed by atoms with E-state index in [1.54, 1.807) is 0 Å². The average Bonchev–Trinajstić information content (AvgIpc) is 2.58. The van der Waals surface area contributed by atoms with Gasteiger partial charge in [-0.1, -0.05) is 38.0 Å². The SMILES string of the molecule is CCCCCNc1nccc(N2CCCc3ccccc32)n1. The lowest BCUT2D eigenvalue weighted by atomic mass is 10.0. The number of aromatic nitrogens is 2. The molecule has 3 rings (SSSR count). The molecule has 0 amide bonds. The highest BCUT2D eigenvalue weighted by Gasteiger charge is 2.18. The van der Waals surface area contributed by atoms with Gasteiger partial charge in [0.15, 0.2) is 0 Å². The molecule has 0 atom stereocenters. The molecule has 2 heterocycles. The molecule has 1 N–H and O–H groups in total. The van der Waals surface area contributed by atoms with E-state index in [2.05, 4.69) is 46.4 Å². The van der Waals surface area contributed by atoms with Crippen LogP contribution in [0.5, 0.6) is 0 Å². The van der Waals surface area contributed by atoms with Gasteiger partial charge in [0, 0.05) is 25.0 Å². The normalized spacial score (nSPS) is 13.8. The van der Waals surface area contributed by atoms with Gasteiger partial charge in [-0.05, 0) is 37.0 Å². The van der Waals surface area contributed by atoms with Crippen LogP contribution in [0.3, 0.4) is 0 Å². The number of nitrogens with zero attached hydrogens (tertiary/aromatic N) is 3. The maximum absolute atomic E-state index is 4.70. The van der Waals surface area contributed by atoms with Crippen LogP contribution in [0.2, 0.25) is 0 Å². The first-order chi connectivity index (χ1) is 10.9. The number of hydrogen-bond acceptors (Lipinski definition) is 4. The Kier molecular flexibility index (Phi) is 4.88. The zero-order valence-corrected chi connectivity index (χ0v) is 13.3. The third-order valence-electron chi connectivity index (χ3n) is 4.09. The van der Waals surface area contributed by atoms with E-state index >= 15 is 0 Å². The molecule has 0 saturated carbocycles. The second-order valence-corrected chi connectivity index (χ2v) is 5.76. The predicted molar refractivity (Wildman–Crippen MR) is 91.8 cm³/mol. The van der Waals surface area contributed by atoms with Crippen molar-refractivity contribution in [3.05, 3.63) is 42.1 Å². The molecule has 4 nitrogen and oxygen atoms in total. The lowest BCUT2D eigenvalue weighted by molar-refractivity contribution is 0.738. The molecule has 1 aliphatic rings. The quantitative estimate of drug-likeness (QED) is 0.813. The van der Waals surface area contributed by atoms with Gasteiger partial charge in [0.1, 0.15) is 5.82 Å². The summed E-state index contributed by atoms with van der Waals surface area (Å²) in [7, 11) is 0. The summed E-state index contributed by atoms with van der Waals surface area (Å²) in [4.78, 5) is 11.3. The van der Waals surface area contributed by atoms with Crippen LogP contribution in [0.25, 0.3) is 0 Å². The lowest BCUT2D eigenvalue weighted by Gasteiger charge is -2.30. The van der Waals surface area contributed by atoms with Crippen molar-refractivity contribution >= 4 is 17.5 Å². The number of benzene rings is 1. The van der Waals surface area contributed by atoms with Gasteiger partial charge in [-0.25, -0.2) is 4.98 Å². The summed E-state index contributed by atoms with van der Waals surface area (Å²) in [5.41, 5.74) is 2.69. The van der Waals surface area contributed by atoms with Crippen LogP contribution < -0.4 is 10.2 Å². The summed E-state index contributed by atoms with van der Waals surface area (Å²) >= 11 is 0. The van der Waals surface area contributed by atoms with Gasteiger partial charge < -0.3 is 10.2 Å². The molecule has 0 spiro atoms. The molecule has 116 valence electrons. The van der Waals surface area contributed by atoms with E-state index < -0.39 is 0 Å². The molecule has 1 aliphatic heterocycles. The molecular weight excluding hydrogens is 272 g/mol. The third kappa shape index (κ3) is 3.38. The number of rotatable bonds is 6. The van der Waals surface area contributed by atoms with Crippen molar-refractivity contribution in [1.82, 2.24) is 9.97 Å². The van der Waals surface area contributed by atoms with Crippen molar-refractivity contribution < 1.29 is 0 Å². The van der Waals surface area contributed by atoms with Gasteiger partial charge in [0.05, 0.1) is 0 Å². The fourth-order valence-corrected chi connectivity index (χ4v) is 2.93. The summed E-state index contributed by atoms with van der Waals surface area (Å²) in [5, 5.41) is 3.33. The zero-order chi connectivity index (χ0) is 15.2. The van der Waals surface area contributed by atoms with Gasteiger partial charge in [0.25, 0.3) is 0 Å². The summed E-state index contributed by atoms with van der Waals surface area (Å²) in [6.07, 6.45) is 7.80. The Balaban J connectivity index is 1.75. The Bertz CT molecular complexity index is 612. The first-order valence-corrected chi connectivity index (χ1v) is 8.31. The minimum atomic E-state index is 0.733. The highest BCUT2D eigenvalue weighted by atomic mass is 15.2. The largest absolute Gasteiger partial charge is 0.354 e. The molecule has 0 bridgehead atoms. The van der Waals surface area contributed by atoms with E-state index in [0.29, 0.717) is 0 Å². The predicted octanol–water partition coefficient (Wildman–Crippen LogP) is 4.16. The molecule has 2 aromatic rings. The highest BCUT2D eigenvalue weighted by Crippen LogP contribution is 2.32. The van der Waals surface area contributed by atoms with Crippen molar-refractivity contribution in [1.29, 1.82) is 0 Å². The van der Waals surface area contributed by atoms with Crippen LogP contribution in [0.15, 0.2) is 36.5 Å². The standard InChI is InChI=1S/C18H24N4/c1-2-3-6-12-19-18-20-13-11-17(21-18)22-14-7-9-15-8-4-5-10-16(15)22/h4-5,8,10-11,13H,2-3,6-7,9,12,14H2,1H3,(H,19,20,21). The van der Waals surface area contributed by atoms with E-state index in [1.807, 2.05) is 12.3 Å². The molecule has 0 aliphatic carbocycles. The Labute approximate surface area is 132 Å². The number of aryl methyl sites for hydroxylation is 1. The topological polar surface area (TPSA) is 41.1 Å². The van der Waals surface area contributed by atoms with E-state index in [-0.39, 0.29) is 0 Å². The summed E-state index contributed by atoms with van der Waals surface area (Å²) in [6, 6.07) is 10.6. The van der Waals surface area contributed by atoms with Crippen LogP contribution in [0, 0.1) is 0 Å². The summed E-state index contributed by atoms with van der Waals surface area (Å²) < 4.78 is 0. The molecule has 1 aromatic carbocycles. The summed E-state index contributed by atoms with van der Waals surface area (Å²) in [5.74, 6) is 1.72. The first-order valence-electron chi connectivity index (χ1n) is 8.31. The fourth-order valence-electron chi connectivity index (χ4n) is 2.93. The van der Waals surface area contributed by atoms with Crippen LogP contribution in [0.1, 0.15) is 38.2 Å². The number of para-hydroxylation sites is 1. The van der Waals surface area contributed by atoms with Crippen molar-refractivity contribution in [2.45, 2.75) is 39.0 Å². The van der Waals surface area contributed by atoms with E-state index in [9.17, 15) is 0 Å². The molecule has 0 unspecified atom stereocenters. The number of anilines is 3. The fraction of sp³-hybridized carbons (Fsp3) is 0.444. The number of hydrogen-bond donors (Lipinski definition) is 1. The molecule has 4 heteroatoms. The monoisotopic (exact) mass is 296 g/mol. The van der Waals surface area contributed by atoms with Crippen molar-refractivity contribution in [3.63, 3.8) is 0 Å². The van der Waals surface area contributed by atoms with Crippen molar-refractivity contribution in [3.8, 4) is 0 Å². The van der Waals surface area contributed by atoms with Crippen LogP contribution in [-0.2, 0) is 6.42 Å². The molecule has 1 aromatic heterocycles. The molecule has 0 saturated heterocycles. The second-order valence-electron chi connectivity index (χ2n) is 5.76. The van der Waals surface area contributed by atoms with E-state index in [0.717, 1.165) is 37.7 Å². The van der Waals surface area contributed by atoms with Crippen LogP contribution in [-0.4, -0.2) is 23.1 Å². The Morgan fingerprint density at radius 1 is 1.18 bits per heavy atom. The Morgan fingerprint density at radius 2 is 2.09 bits per heavy atom. The van der Waals surface area contributed by atoms with Crippen LogP contribution >= 0.6 is 0 Å². The van der Waals surface area contributed by atoms with Gasteiger partial charge in [-0.15, -0.1) is 0 Å². The van der Waals surface area contributed by atoms with Gasteiger partial charge in [0.2, 0.25) is 5.95 Å². The van der Waals surface area contributed by atoms with Gasteiger partial charge in [-0.2, -0.15) is 4.98 Å². The molecule has 0 fully saturated rings. The van der Waals surface area contributed by atoms with Crippen molar-refractivity contribution in [2.75, 3.05) is 23.3 Å². The average molecular weight is 296 g/mol. The number of unbranched alkanes of at least 4 members (excludes halogenated alkanes) is 2. The smallest absolute Gasteiger partial charge is 0.224 e. The molecular formula is C18H24N4. The maximum Gasteiger partial charge on any atom is 0.224 e. The molecule has 22 heavy (non-hydrogen) atoms. The van der Waals surface area contributed by atoms with E-state index in [1.165, 1.54) is 30.5 Å². The number of nitrogens with one attached hydrogen (secondary N) is 1. The third-order valence-corrected chi connectivity index (χ3v) is 4.09. The molecule has 0 radical (unpaired) electrons. The van der Waals surface area contributed by atoms with Crippen molar-refractivity contribution in [2.24, 2.45) is 0 Å². The minimum Gasteiger partial charge on any atom is -0.354 e. The Morgan fingerprint density at radius 3 is 3.00 bits per heavy atom. The van der Waals surface area contributed by atoms with Crippen LogP contribution in [0.4, 0.5) is 17.5 Å². The summed E-state index contributed by atoms with van der Waals surface area (Å²) in [6.45, 7) is 4.17. The second kappa shape index (κ2) is 7.25. The highest BCUT2D eigenvalue weighted by molar-refractivity contribution is 5.65. The van der Waals surface area contributed by atoms with Gasteiger partial charge in [-0.3, -0.25) is 0 Å². The minimum absolute atomic E-state index is 0.733. The lowest BCUT2D eigenvalue weighted by Crippen LogP contribution is -2.25. The first kappa shape index (κ1) is 14.8. The number of fused-ring (bicyclic) bond motifs is 1.